The number of rotatable bonds is 2. The van der Waals surface area contributed by atoms with E-state index in [2.05, 4.69) is 42.7 Å². The van der Waals surface area contributed by atoms with Crippen molar-refractivity contribution in [2.75, 3.05) is 18.4 Å². The van der Waals surface area contributed by atoms with Crippen molar-refractivity contribution < 1.29 is 0 Å². The van der Waals surface area contributed by atoms with Crippen LogP contribution < -0.4 is 10.6 Å². The molecule has 1 aliphatic rings. The first-order chi connectivity index (χ1) is 6.25. The summed E-state index contributed by atoms with van der Waals surface area (Å²) in [6.07, 6.45) is 0. The number of anilines is 1. The Kier molecular flexibility index (Phi) is 2.23. The minimum atomic E-state index is 0.626. The van der Waals surface area contributed by atoms with E-state index in [9.17, 15) is 0 Å². The quantitative estimate of drug-likeness (QED) is 0.716. The summed E-state index contributed by atoms with van der Waals surface area (Å²) in [4.78, 5) is 0. The highest BCUT2D eigenvalue weighted by Gasteiger charge is 2.16. The van der Waals surface area contributed by atoms with Gasteiger partial charge in [-0.05, 0) is 25.5 Å². The summed E-state index contributed by atoms with van der Waals surface area (Å²) in [7, 11) is 0. The van der Waals surface area contributed by atoms with Gasteiger partial charge in [0.25, 0.3) is 0 Å². The lowest BCUT2D eigenvalue weighted by molar-refractivity contribution is 0.472. The van der Waals surface area contributed by atoms with Gasteiger partial charge in [0.05, 0.1) is 6.04 Å². The standard InChI is InChI=1S/C11H16N2/c1-8-3-4-11(9(2)5-8)13-10-6-12-7-10/h3-5,10,12-13H,6-7H2,1-2H3. The third kappa shape index (κ3) is 1.83. The molecule has 0 bridgehead atoms. The average molecular weight is 176 g/mol. The first-order valence-corrected chi connectivity index (χ1v) is 4.80. The molecule has 0 aliphatic carbocycles. The van der Waals surface area contributed by atoms with Crippen LogP contribution in [-0.4, -0.2) is 19.1 Å². The van der Waals surface area contributed by atoms with E-state index in [1.54, 1.807) is 0 Å². The average Bonchev–Trinajstić information content (AvgIpc) is 1.99. The Bertz CT molecular complexity index is 303. The maximum absolute atomic E-state index is 3.51. The molecule has 1 aromatic carbocycles. The molecule has 0 unspecified atom stereocenters. The summed E-state index contributed by atoms with van der Waals surface area (Å²) in [5.74, 6) is 0. The summed E-state index contributed by atoms with van der Waals surface area (Å²) in [5, 5.41) is 6.76. The summed E-state index contributed by atoms with van der Waals surface area (Å²) < 4.78 is 0. The number of hydrogen-bond acceptors (Lipinski definition) is 2. The lowest BCUT2D eigenvalue weighted by Crippen LogP contribution is -2.51. The molecule has 2 heteroatoms. The molecule has 13 heavy (non-hydrogen) atoms. The molecule has 0 amide bonds. The molecule has 1 aromatic rings. The van der Waals surface area contributed by atoms with Crippen molar-refractivity contribution in [3.8, 4) is 0 Å². The second-order valence-corrected chi connectivity index (χ2v) is 3.82. The Morgan fingerprint density at radius 2 is 2.08 bits per heavy atom. The molecule has 2 N–H and O–H groups in total. The van der Waals surface area contributed by atoms with Crippen LogP contribution in [0.3, 0.4) is 0 Å². The van der Waals surface area contributed by atoms with E-state index < -0.39 is 0 Å². The van der Waals surface area contributed by atoms with E-state index in [-0.39, 0.29) is 0 Å². The van der Waals surface area contributed by atoms with Crippen molar-refractivity contribution in [2.24, 2.45) is 0 Å². The molecule has 1 aliphatic heterocycles. The molecule has 0 radical (unpaired) electrons. The topological polar surface area (TPSA) is 24.1 Å². The van der Waals surface area contributed by atoms with E-state index in [4.69, 9.17) is 0 Å². The van der Waals surface area contributed by atoms with Crippen LogP contribution in [0.15, 0.2) is 18.2 Å². The van der Waals surface area contributed by atoms with Gasteiger partial charge in [0.15, 0.2) is 0 Å². The molecule has 2 rings (SSSR count). The van der Waals surface area contributed by atoms with Gasteiger partial charge in [-0.3, -0.25) is 0 Å². The van der Waals surface area contributed by atoms with Gasteiger partial charge in [-0.2, -0.15) is 0 Å². The van der Waals surface area contributed by atoms with Crippen LogP contribution >= 0.6 is 0 Å². The van der Waals surface area contributed by atoms with E-state index >= 15 is 0 Å². The lowest BCUT2D eigenvalue weighted by atomic mass is 10.1. The molecule has 70 valence electrons. The normalized spacial score (nSPS) is 16.8. The van der Waals surface area contributed by atoms with Gasteiger partial charge in [0, 0.05) is 18.8 Å². The van der Waals surface area contributed by atoms with Gasteiger partial charge < -0.3 is 10.6 Å². The Morgan fingerprint density at radius 1 is 1.31 bits per heavy atom. The second kappa shape index (κ2) is 3.38. The van der Waals surface area contributed by atoms with Crippen molar-refractivity contribution in [3.05, 3.63) is 29.3 Å². The minimum Gasteiger partial charge on any atom is -0.380 e. The highest BCUT2D eigenvalue weighted by molar-refractivity contribution is 5.52. The fourth-order valence-electron chi connectivity index (χ4n) is 1.59. The van der Waals surface area contributed by atoms with Crippen molar-refractivity contribution >= 4 is 5.69 Å². The van der Waals surface area contributed by atoms with Crippen LogP contribution in [0, 0.1) is 13.8 Å². The summed E-state index contributed by atoms with van der Waals surface area (Å²) in [6, 6.07) is 7.17. The highest BCUT2D eigenvalue weighted by Crippen LogP contribution is 2.17. The molecule has 1 saturated heterocycles. The SMILES string of the molecule is Cc1ccc(NC2CNC2)c(C)c1. The predicted molar refractivity (Wildman–Crippen MR) is 56.2 cm³/mol. The van der Waals surface area contributed by atoms with Gasteiger partial charge in [0.1, 0.15) is 0 Å². The molecule has 1 fully saturated rings. The molecule has 0 aromatic heterocycles. The van der Waals surface area contributed by atoms with Crippen molar-refractivity contribution in [3.63, 3.8) is 0 Å². The zero-order chi connectivity index (χ0) is 9.26. The zero-order valence-corrected chi connectivity index (χ0v) is 8.22. The van der Waals surface area contributed by atoms with Crippen LogP contribution in [0.2, 0.25) is 0 Å². The molecular formula is C11H16N2. The van der Waals surface area contributed by atoms with Gasteiger partial charge in [-0.15, -0.1) is 0 Å². The van der Waals surface area contributed by atoms with Crippen LogP contribution in [0.25, 0.3) is 0 Å². The fourth-order valence-corrected chi connectivity index (χ4v) is 1.59. The molecule has 0 saturated carbocycles. The smallest absolute Gasteiger partial charge is 0.0510 e. The summed E-state index contributed by atoms with van der Waals surface area (Å²) in [5.41, 5.74) is 3.94. The Hall–Kier alpha value is -1.02. The monoisotopic (exact) mass is 176 g/mol. The summed E-state index contributed by atoms with van der Waals surface area (Å²) in [6.45, 7) is 6.46. The Morgan fingerprint density at radius 3 is 2.62 bits per heavy atom. The second-order valence-electron chi connectivity index (χ2n) is 3.82. The number of aryl methyl sites for hydroxylation is 2. The highest BCUT2D eigenvalue weighted by atomic mass is 15.1. The van der Waals surface area contributed by atoms with E-state index in [0.717, 1.165) is 13.1 Å². The number of hydrogen-bond donors (Lipinski definition) is 2. The maximum atomic E-state index is 3.51. The Balaban J connectivity index is 2.10. The van der Waals surface area contributed by atoms with E-state index in [1.807, 2.05) is 0 Å². The Labute approximate surface area is 79.4 Å². The van der Waals surface area contributed by atoms with Crippen LogP contribution in [0.4, 0.5) is 5.69 Å². The zero-order valence-electron chi connectivity index (χ0n) is 8.22. The van der Waals surface area contributed by atoms with E-state index in [0.29, 0.717) is 6.04 Å². The van der Waals surface area contributed by atoms with E-state index in [1.165, 1.54) is 16.8 Å². The first-order valence-electron chi connectivity index (χ1n) is 4.80. The van der Waals surface area contributed by atoms with Crippen molar-refractivity contribution in [1.82, 2.24) is 5.32 Å². The van der Waals surface area contributed by atoms with Gasteiger partial charge >= 0.3 is 0 Å². The number of nitrogens with one attached hydrogen (secondary N) is 2. The first kappa shape index (κ1) is 8.57. The number of benzene rings is 1. The van der Waals surface area contributed by atoms with Crippen LogP contribution in [0.1, 0.15) is 11.1 Å². The molecule has 0 atom stereocenters. The summed E-state index contributed by atoms with van der Waals surface area (Å²) >= 11 is 0. The largest absolute Gasteiger partial charge is 0.380 e. The van der Waals surface area contributed by atoms with Gasteiger partial charge in [0.2, 0.25) is 0 Å². The van der Waals surface area contributed by atoms with Crippen LogP contribution in [-0.2, 0) is 0 Å². The predicted octanol–water partition coefficient (Wildman–Crippen LogP) is 1.69. The van der Waals surface area contributed by atoms with Crippen molar-refractivity contribution in [1.29, 1.82) is 0 Å². The van der Waals surface area contributed by atoms with Gasteiger partial charge in [-0.1, -0.05) is 17.7 Å². The minimum absolute atomic E-state index is 0.626. The maximum Gasteiger partial charge on any atom is 0.0510 e. The molecule has 2 nitrogen and oxygen atoms in total. The molecule has 0 spiro atoms. The van der Waals surface area contributed by atoms with Crippen LogP contribution in [0.5, 0.6) is 0 Å². The lowest BCUT2D eigenvalue weighted by Gasteiger charge is -2.29. The fraction of sp³-hybridized carbons (Fsp3) is 0.455. The molecule has 1 heterocycles. The third-order valence-corrected chi connectivity index (χ3v) is 2.52. The van der Waals surface area contributed by atoms with Gasteiger partial charge in [-0.25, -0.2) is 0 Å². The third-order valence-electron chi connectivity index (χ3n) is 2.52. The van der Waals surface area contributed by atoms with Crippen molar-refractivity contribution in [2.45, 2.75) is 19.9 Å². The molecular weight excluding hydrogens is 160 g/mol.